The molecule has 0 saturated heterocycles. The molecule has 0 heterocycles. The third kappa shape index (κ3) is 3.89. The molecule has 0 atom stereocenters. The van der Waals surface area contributed by atoms with Gasteiger partial charge in [-0.2, -0.15) is 0 Å². The Morgan fingerprint density at radius 1 is 1.09 bits per heavy atom. The lowest BCUT2D eigenvalue weighted by molar-refractivity contribution is 0.0525. The molecule has 5 heteroatoms. The number of esters is 1. The van der Waals surface area contributed by atoms with E-state index in [0.717, 1.165) is 15.4 Å². The van der Waals surface area contributed by atoms with E-state index in [1.165, 1.54) is 11.8 Å². The van der Waals surface area contributed by atoms with Crippen molar-refractivity contribution in [1.29, 1.82) is 0 Å². The number of benzene rings is 2. The van der Waals surface area contributed by atoms with E-state index in [1.54, 1.807) is 43.3 Å². The fourth-order valence-corrected chi connectivity index (χ4v) is 2.78. The number of aryl methyl sites for hydroxylation is 1. The van der Waals surface area contributed by atoms with Gasteiger partial charge in [-0.25, -0.2) is 9.59 Å². The normalized spacial score (nSPS) is 10.3. The molecule has 0 spiro atoms. The Labute approximate surface area is 133 Å². The van der Waals surface area contributed by atoms with Crippen LogP contribution in [-0.4, -0.2) is 23.7 Å². The Hall–Kier alpha value is -2.27. The summed E-state index contributed by atoms with van der Waals surface area (Å²) >= 11 is 1.52. The predicted octanol–water partition coefficient (Wildman–Crippen LogP) is 4.02. The van der Waals surface area contributed by atoms with Gasteiger partial charge in [0.2, 0.25) is 0 Å². The van der Waals surface area contributed by atoms with Crippen LogP contribution in [0.4, 0.5) is 0 Å². The highest BCUT2D eigenvalue weighted by atomic mass is 32.2. The molecule has 22 heavy (non-hydrogen) atoms. The first-order chi connectivity index (χ1) is 10.5. The number of ether oxygens (including phenoxy) is 1. The monoisotopic (exact) mass is 316 g/mol. The molecule has 0 aliphatic heterocycles. The fraction of sp³-hybridized carbons (Fsp3) is 0.176. The van der Waals surface area contributed by atoms with Gasteiger partial charge in [0.1, 0.15) is 0 Å². The van der Waals surface area contributed by atoms with Gasteiger partial charge in [0.05, 0.1) is 17.7 Å². The van der Waals surface area contributed by atoms with E-state index in [2.05, 4.69) is 0 Å². The maximum absolute atomic E-state index is 11.7. The Balaban J connectivity index is 2.16. The standard InChI is InChI=1S/C17H16O4S/c1-3-21-17(20)13-6-9-15(11(2)10-13)22-14-7-4-12(5-8-14)16(18)19/h4-10H,3H2,1-2H3,(H,18,19). The van der Waals surface area contributed by atoms with E-state index in [4.69, 9.17) is 9.84 Å². The van der Waals surface area contributed by atoms with Crippen LogP contribution in [-0.2, 0) is 4.74 Å². The lowest BCUT2D eigenvalue weighted by Gasteiger charge is -2.08. The van der Waals surface area contributed by atoms with Crippen molar-refractivity contribution in [2.45, 2.75) is 23.6 Å². The molecule has 114 valence electrons. The second-order valence-corrected chi connectivity index (χ2v) is 5.75. The van der Waals surface area contributed by atoms with Crippen molar-refractivity contribution >= 4 is 23.7 Å². The number of hydrogen-bond donors (Lipinski definition) is 1. The predicted molar refractivity (Wildman–Crippen MR) is 84.7 cm³/mol. The van der Waals surface area contributed by atoms with Crippen molar-refractivity contribution in [3.8, 4) is 0 Å². The molecule has 0 fully saturated rings. The van der Waals surface area contributed by atoms with Gasteiger partial charge >= 0.3 is 11.9 Å². The first-order valence-corrected chi connectivity index (χ1v) is 7.62. The maximum atomic E-state index is 11.7. The molecule has 0 aromatic heterocycles. The van der Waals surface area contributed by atoms with Gasteiger partial charge in [-0.3, -0.25) is 0 Å². The first-order valence-electron chi connectivity index (χ1n) is 6.80. The number of aromatic carboxylic acids is 1. The summed E-state index contributed by atoms with van der Waals surface area (Å²) < 4.78 is 4.98. The Kier molecular flexibility index (Phi) is 5.22. The van der Waals surface area contributed by atoms with Gasteiger partial charge in [0, 0.05) is 9.79 Å². The fourth-order valence-electron chi connectivity index (χ4n) is 1.90. The van der Waals surface area contributed by atoms with Crippen LogP contribution < -0.4 is 0 Å². The molecule has 0 aliphatic carbocycles. The summed E-state index contributed by atoms with van der Waals surface area (Å²) in [4.78, 5) is 24.5. The quantitative estimate of drug-likeness (QED) is 0.844. The van der Waals surface area contributed by atoms with E-state index >= 15 is 0 Å². The lowest BCUT2D eigenvalue weighted by atomic mass is 10.1. The number of carboxylic acids is 1. The van der Waals surface area contributed by atoms with Gasteiger partial charge in [0.15, 0.2) is 0 Å². The average Bonchev–Trinajstić information content (AvgIpc) is 2.50. The van der Waals surface area contributed by atoms with Crippen LogP contribution in [0.2, 0.25) is 0 Å². The van der Waals surface area contributed by atoms with E-state index in [-0.39, 0.29) is 11.5 Å². The maximum Gasteiger partial charge on any atom is 0.338 e. The van der Waals surface area contributed by atoms with Crippen molar-refractivity contribution in [2.24, 2.45) is 0 Å². The highest BCUT2D eigenvalue weighted by molar-refractivity contribution is 7.99. The van der Waals surface area contributed by atoms with E-state index in [1.807, 2.05) is 13.0 Å². The zero-order valence-electron chi connectivity index (χ0n) is 12.3. The lowest BCUT2D eigenvalue weighted by Crippen LogP contribution is -2.04. The largest absolute Gasteiger partial charge is 0.478 e. The molecule has 0 radical (unpaired) electrons. The molecule has 2 aromatic rings. The molecule has 0 saturated carbocycles. The van der Waals surface area contributed by atoms with Gasteiger partial charge in [-0.1, -0.05) is 11.8 Å². The summed E-state index contributed by atoms with van der Waals surface area (Å²) in [5, 5.41) is 8.89. The molecule has 0 aliphatic rings. The minimum Gasteiger partial charge on any atom is -0.478 e. The molecule has 2 aromatic carbocycles. The summed E-state index contributed by atoms with van der Waals surface area (Å²) in [5.74, 6) is -1.26. The topological polar surface area (TPSA) is 63.6 Å². The highest BCUT2D eigenvalue weighted by Gasteiger charge is 2.09. The highest BCUT2D eigenvalue weighted by Crippen LogP contribution is 2.31. The number of rotatable bonds is 5. The minimum atomic E-state index is -0.938. The van der Waals surface area contributed by atoms with Crippen LogP contribution in [0.15, 0.2) is 52.3 Å². The van der Waals surface area contributed by atoms with Crippen LogP contribution in [0.25, 0.3) is 0 Å². The minimum absolute atomic E-state index is 0.263. The van der Waals surface area contributed by atoms with Crippen LogP contribution in [0.1, 0.15) is 33.2 Å². The number of hydrogen-bond acceptors (Lipinski definition) is 4. The Morgan fingerprint density at radius 2 is 1.73 bits per heavy atom. The van der Waals surface area contributed by atoms with E-state index in [0.29, 0.717) is 12.2 Å². The van der Waals surface area contributed by atoms with Gasteiger partial charge in [0.25, 0.3) is 0 Å². The first kappa shape index (κ1) is 16.1. The Bertz CT molecular complexity index is 692. The molecule has 2 rings (SSSR count). The molecule has 1 N–H and O–H groups in total. The van der Waals surface area contributed by atoms with Gasteiger partial charge in [-0.15, -0.1) is 0 Å². The third-order valence-electron chi connectivity index (χ3n) is 3.02. The Morgan fingerprint density at radius 3 is 2.27 bits per heavy atom. The smallest absolute Gasteiger partial charge is 0.338 e. The summed E-state index contributed by atoms with van der Waals surface area (Å²) in [6.07, 6.45) is 0. The molecular formula is C17H16O4S. The third-order valence-corrected chi connectivity index (χ3v) is 4.20. The molecule has 0 unspecified atom stereocenters. The zero-order valence-corrected chi connectivity index (χ0v) is 13.1. The second-order valence-electron chi connectivity index (χ2n) is 4.63. The van der Waals surface area contributed by atoms with Crippen LogP contribution in [0, 0.1) is 6.92 Å². The second kappa shape index (κ2) is 7.13. The van der Waals surface area contributed by atoms with Crippen LogP contribution in [0.3, 0.4) is 0 Å². The molecular weight excluding hydrogens is 300 g/mol. The summed E-state index contributed by atoms with van der Waals surface area (Å²) in [6.45, 7) is 4.05. The summed E-state index contributed by atoms with van der Waals surface area (Å²) in [5.41, 5.74) is 1.77. The average molecular weight is 316 g/mol. The number of carbonyl (C=O) groups excluding carboxylic acids is 1. The van der Waals surface area contributed by atoms with Gasteiger partial charge < -0.3 is 9.84 Å². The van der Waals surface area contributed by atoms with E-state index in [9.17, 15) is 9.59 Å². The van der Waals surface area contributed by atoms with Gasteiger partial charge in [-0.05, 0) is 61.9 Å². The van der Waals surface area contributed by atoms with Crippen molar-refractivity contribution in [1.82, 2.24) is 0 Å². The van der Waals surface area contributed by atoms with Crippen molar-refractivity contribution < 1.29 is 19.4 Å². The number of carboxylic acid groups (broad SMARTS) is 1. The van der Waals surface area contributed by atoms with Crippen molar-refractivity contribution in [3.63, 3.8) is 0 Å². The van der Waals surface area contributed by atoms with Crippen molar-refractivity contribution in [3.05, 3.63) is 59.2 Å². The SMILES string of the molecule is CCOC(=O)c1ccc(Sc2ccc(C(=O)O)cc2)c(C)c1. The van der Waals surface area contributed by atoms with Crippen LogP contribution in [0.5, 0.6) is 0 Å². The summed E-state index contributed by atoms with van der Waals surface area (Å²) in [6, 6.07) is 12.1. The molecule has 0 amide bonds. The molecule has 4 nitrogen and oxygen atoms in total. The number of carbonyl (C=O) groups is 2. The summed E-state index contributed by atoms with van der Waals surface area (Å²) in [7, 11) is 0. The van der Waals surface area contributed by atoms with Crippen LogP contribution >= 0.6 is 11.8 Å². The van der Waals surface area contributed by atoms with E-state index < -0.39 is 5.97 Å². The molecule has 0 bridgehead atoms. The zero-order chi connectivity index (χ0) is 16.1. The van der Waals surface area contributed by atoms with Crippen molar-refractivity contribution in [2.75, 3.05) is 6.61 Å².